The second kappa shape index (κ2) is 17.9. The molecule has 2 aromatic carbocycles. The topological polar surface area (TPSA) is 304 Å². The van der Waals surface area contributed by atoms with E-state index in [0.29, 0.717) is 11.1 Å². The molecule has 3 saturated heterocycles. The van der Waals surface area contributed by atoms with E-state index in [1.54, 1.807) is 6.07 Å². The van der Waals surface area contributed by atoms with Crippen LogP contribution in [0.25, 0.3) is 6.08 Å². The molecule has 0 unspecified atom stereocenters. The number of carbonyl (C=O) groups excluding carboxylic acids is 1. The molecule has 0 amide bonds. The summed E-state index contributed by atoms with van der Waals surface area (Å²) >= 11 is 0. The predicted octanol–water partition coefficient (Wildman–Crippen LogP) is -2.52. The molecular formula is C35H46O19. The highest BCUT2D eigenvalue weighted by atomic mass is 16.8. The Hall–Kier alpha value is -3.67. The van der Waals surface area contributed by atoms with Gasteiger partial charge in [-0.2, -0.15) is 0 Å². The number of aliphatic hydroxyl groups excluding tert-OH is 8. The summed E-state index contributed by atoms with van der Waals surface area (Å²) < 4.78 is 38.7. The van der Waals surface area contributed by atoms with Crippen LogP contribution >= 0.6 is 0 Å². The van der Waals surface area contributed by atoms with Gasteiger partial charge < -0.3 is 89.3 Å². The summed E-state index contributed by atoms with van der Waals surface area (Å²) in [5, 5.41) is 113. The number of aromatic hydroxyl groups is 3. The first-order valence-electron chi connectivity index (χ1n) is 17.1. The fraction of sp³-hybridized carbons (Fsp3) is 0.571. The van der Waals surface area contributed by atoms with E-state index in [4.69, 9.17) is 33.2 Å². The Morgan fingerprint density at radius 2 is 1.35 bits per heavy atom. The highest BCUT2D eigenvalue weighted by molar-refractivity contribution is 5.87. The van der Waals surface area contributed by atoms with Crippen LogP contribution in [0.2, 0.25) is 0 Å². The number of phenols is 3. The number of aliphatic hydroxyl groups is 8. The van der Waals surface area contributed by atoms with Crippen LogP contribution < -0.4 is 4.74 Å². The molecule has 0 aliphatic carbocycles. The minimum Gasteiger partial charge on any atom is -0.504 e. The van der Waals surface area contributed by atoms with E-state index in [0.717, 1.165) is 6.08 Å². The van der Waals surface area contributed by atoms with E-state index < -0.39 is 105 Å². The summed E-state index contributed by atoms with van der Waals surface area (Å²) in [6.45, 7) is 2.30. The van der Waals surface area contributed by atoms with Gasteiger partial charge in [-0.25, -0.2) is 4.79 Å². The number of phenolic OH excluding ortho intramolecular Hbond substituents is 3. The molecule has 0 radical (unpaired) electrons. The van der Waals surface area contributed by atoms with E-state index in [1.165, 1.54) is 50.3 Å². The van der Waals surface area contributed by atoms with Gasteiger partial charge in [0.05, 0.1) is 25.4 Å². The van der Waals surface area contributed by atoms with E-state index >= 15 is 0 Å². The molecule has 11 N–H and O–H groups in total. The van der Waals surface area contributed by atoms with Crippen LogP contribution in [0.15, 0.2) is 42.5 Å². The fourth-order valence-corrected chi connectivity index (χ4v) is 6.02. The molecule has 5 rings (SSSR count). The molecule has 0 bridgehead atoms. The van der Waals surface area contributed by atoms with E-state index in [9.17, 15) is 61.0 Å². The summed E-state index contributed by atoms with van der Waals surface area (Å²) in [6, 6.07) is 8.31. The first-order valence-corrected chi connectivity index (χ1v) is 17.1. The van der Waals surface area contributed by atoms with Crippen molar-refractivity contribution in [2.75, 3.05) is 13.2 Å². The van der Waals surface area contributed by atoms with Crippen molar-refractivity contribution in [1.82, 2.24) is 0 Å². The van der Waals surface area contributed by atoms with Gasteiger partial charge in [-0.3, -0.25) is 0 Å². The molecule has 3 aliphatic heterocycles. The quantitative estimate of drug-likeness (QED) is 0.0603. The van der Waals surface area contributed by atoms with Crippen molar-refractivity contribution in [3.63, 3.8) is 0 Å². The molecule has 2 aromatic rings. The first-order chi connectivity index (χ1) is 25.5. The lowest BCUT2D eigenvalue weighted by molar-refractivity contribution is -0.356. The average Bonchev–Trinajstić information content (AvgIpc) is 3.14. The van der Waals surface area contributed by atoms with Gasteiger partial charge in [0.2, 0.25) is 6.29 Å². The van der Waals surface area contributed by atoms with Crippen LogP contribution in [-0.4, -0.2) is 167 Å². The van der Waals surface area contributed by atoms with E-state index in [1.807, 2.05) is 0 Å². The van der Waals surface area contributed by atoms with E-state index in [-0.39, 0.29) is 36.0 Å². The van der Waals surface area contributed by atoms with Gasteiger partial charge in [-0.15, -0.1) is 0 Å². The summed E-state index contributed by atoms with van der Waals surface area (Å²) in [6.07, 6.45) is -20.2. The summed E-state index contributed by atoms with van der Waals surface area (Å²) in [5.41, 5.74) is 1.02. The molecule has 3 aliphatic rings. The number of carbonyl (C=O) groups is 1. The zero-order chi connectivity index (χ0) is 39.4. The van der Waals surface area contributed by atoms with Crippen molar-refractivity contribution in [2.45, 2.75) is 112 Å². The van der Waals surface area contributed by atoms with Crippen molar-refractivity contribution >= 4 is 12.0 Å². The number of hydrogen-bond acceptors (Lipinski definition) is 19. The highest BCUT2D eigenvalue weighted by Gasteiger charge is 2.51. The van der Waals surface area contributed by atoms with Gasteiger partial charge in [0.15, 0.2) is 35.6 Å². The van der Waals surface area contributed by atoms with E-state index in [2.05, 4.69) is 0 Å². The molecule has 15 atom stereocenters. The minimum atomic E-state index is -1.84. The highest BCUT2D eigenvalue weighted by Crippen LogP contribution is 2.34. The number of benzene rings is 2. The van der Waals surface area contributed by atoms with Crippen molar-refractivity contribution in [2.24, 2.45) is 0 Å². The standard InChI is InChI=1S/C35H46O19/c1-14-24(40)26(42)29(45)33(50-14)49-13-22-25(41)27(43)30(46)35(53-22)54-32-15(2)51-34(31(47)28(32)44)52-21-7-4-17(12-20(21)38)9-10-48-23(39)8-5-16-3-6-18(36)19(37)11-16/h3-8,11-12,14-15,22,24-38,40-47H,9-10,13H2,1-2H3/b8-5+/t14-,15-,22+,24+,25-,26+,27-,28-,29+,30+,31+,32+,33+,34-,35-/m0/s1. The smallest absolute Gasteiger partial charge is 0.330 e. The second-order valence-electron chi connectivity index (χ2n) is 13.2. The first kappa shape index (κ1) is 41.5. The Morgan fingerprint density at radius 1 is 0.685 bits per heavy atom. The van der Waals surface area contributed by atoms with Crippen molar-refractivity contribution in [1.29, 1.82) is 0 Å². The zero-order valence-corrected chi connectivity index (χ0v) is 29.1. The average molecular weight is 771 g/mol. The Labute approximate surface area is 308 Å². The molecule has 19 nitrogen and oxygen atoms in total. The number of hydrogen-bond donors (Lipinski definition) is 11. The van der Waals surface area contributed by atoms with Crippen LogP contribution in [0.3, 0.4) is 0 Å². The molecule has 19 heteroatoms. The Balaban J connectivity index is 1.12. The molecule has 300 valence electrons. The number of esters is 1. The van der Waals surface area contributed by atoms with Crippen LogP contribution in [-0.2, 0) is 39.6 Å². The third kappa shape index (κ3) is 9.58. The fourth-order valence-electron chi connectivity index (χ4n) is 6.02. The Morgan fingerprint density at radius 3 is 2.06 bits per heavy atom. The Kier molecular flexibility index (Phi) is 13.7. The summed E-state index contributed by atoms with van der Waals surface area (Å²) in [5.74, 6) is -1.77. The van der Waals surface area contributed by atoms with Crippen LogP contribution in [0.1, 0.15) is 25.0 Å². The maximum atomic E-state index is 12.1. The molecule has 3 fully saturated rings. The molecule has 0 saturated carbocycles. The SMILES string of the molecule is C[C@@H]1O[C@@H](OC[C@H]2O[C@@H](O[C@H]3[C@@H](O)[C@@H](O)[C@H](Oc4ccc(CCOC(=O)/C=C/c5ccc(O)c(O)c5)cc4O)O[C@H]3C)[C@H](O)[C@@H](O)[C@H]2O)[C@H](O)[C@H](O)[C@@H]1O. The maximum Gasteiger partial charge on any atom is 0.330 e. The Bertz CT molecular complexity index is 1590. The lowest BCUT2D eigenvalue weighted by atomic mass is 9.97. The maximum absolute atomic E-state index is 12.1. The normalized spacial score (nSPS) is 37.3. The largest absolute Gasteiger partial charge is 0.504 e. The van der Waals surface area contributed by atoms with Crippen molar-refractivity contribution < 1.29 is 94.1 Å². The zero-order valence-electron chi connectivity index (χ0n) is 29.1. The molecule has 3 heterocycles. The molecular weight excluding hydrogens is 724 g/mol. The van der Waals surface area contributed by atoms with Crippen molar-refractivity contribution in [3.8, 4) is 23.0 Å². The van der Waals surface area contributed by atoms with Gasteiger partial charge in [0, 0.05) is 12.5 Å². The summed E-state index contributed by atoms with van der Waals surface area (Å²) in [7, 11) is 0. The number of ether oxygens (including phenoxy) is 7. The molecule has 0 spiro atoms. The van der Waals surface area contributed by atoms with Gasteiger partial charge in [0.1, 0.15) is 61.0 Å². The lowest BCUT2D eigenvalue weighted by Crippen LogP contribution is -2.64. The third-order valence-corrected chi connectivity index (χ3v) is 9.28. The van der Waals surface area contributed by atoms with Crippen LogP contribution in [0.5, 0.6) is 23.0 Å². The predicted molar refractivity (Wildman–Crippen MR) is 178 cm³/mol. The van der Waals surface area contributed by atoms with Crippen molar-refractivity contribution in [3.05, 3.63) is 53.6 Å². The van der Waals surface area contributed by atoms with Gasteiger partial charge in [-0.05, 0) is 55.3 Å². The molecule has 0 aromatic heterocycles. The van der Waals surface area contributed by atoms with Crippen LogP contribution in [0, 0.1) is 0 Å². The summed E-state index contributed by atoms with van der Waals surface area (Å²) in [4.78, 5) is 12.1. The van der Waals surface area contributed by atoms with Gasteiger partial charge in [-0.1, -0.05) is 12.1 Å². The monoisotopic (exact) mass is 770 g/mol. The minimum absolute atomic E-state index is 0.0468. The lowest BCUT2D eigenvalue weighted by Gasteiger charge is -2.46. The second-order valence-corrected chi connectivity index (χ2v) is 13.2. The third-order valence-electron chi connectivity index (χ3n) is 9.28. The van der Waals surface area contributed by atoms with Gasteiger partial charge >= 0.3 is 5.97 Å². The van der Waals surface area contributed by atoms with Gasteiger partial charge in [0.25, 0.3) is 0 Å². The number of rotatable bonds is 12. The molecule has 54 heavy (non-hydrogen) atoms. The van der Waals surface area contributed by atoms with Crippen LogP contribution in [0.4, 0.5) is 0 Å².